The zero-order valence-corrected chi connectivity index (χ0v) is 14.3. The van der Waals surface area contributed by atoms with Gasteiger partial charge in [0, 0.05) is 22.9 Å². The van der Waals surface area contributed by atoms with E-state index in [1.165, 1.54) is 12.7 Å². The second-order valence-corrected chi connectivity index (χ2v) is 7.47. The molecule has 1 saturated heterocycles. The van der Waals surface area contributed by atoms with E-state index in [1.54, 1.807) is 6.07 Å². The number of rotatable bonds is 1. The Balaban J connectivity index is 1.72. The normalized spacial score (nSPS) is 37.2. The van der Waals surface area contributed by atoms with Crippen LogP contribution in [0.2, 0.25) is 0 Å². The number of likely N-dealkylation sites (tertiary alicyclic amines) is 1. The molecule has 4 aliphatic rings. The number of carbonyl (C=O) groups excluding carboxylic acids is 1. The zero-order valence-electron chi connectivity index (χ0n) is 14.3. The molecule has 1 N–H and O–H groups in total. The van der Waals surface area contributed by atoms with Crippen molar-refractivity contribution in [3.8, 4) is 11.5 Å². The van der Waals surface area contributed by atoms with Gasteiger partial charge in [0.15, 0.2) is 11.5 Å². The smallest absolute Gasteiger partial charge is 0.482 e. The molecule has 1 spiro atoms. The molecule has 25 heavy (non-hydrogen) atoms. The summed E-state index contributed by atoms with van der Waals surface area (Å²) in [4.78, 5) is 14.0. The van der Waals surface area contributed by atoms with E-state index >= 15 is 0 Å². The molecule has 5 rings (SSSR count). The molecular weight excluding hydrogens is 322 g/mol. The van der Waals surface area contributed by atoms with Gasteiger partial charge in [0.05, 0.1) is 7.11 Å². The van der Waals surface area contributed by atoms with Crippen LogP contribution >= 0.6 is 0 Å². The minimum Gasteiger partial charge on any atom is -0.482 e. The SMILES string of the molecule is COC(=O)Oc1ccc2c3c1O[C@H]1[C@@H](O)C=CC4[C@@H](C2)N(C)CC[C@@]341. The van der Waals surface area contributed by atoms with Crippen LogP contribution in [0.15, 0.2) is 24.3 Å². The molecule has 2 aliphatic heterocycles. The molecule has 1 unspecified atom stereocenters. The molecule has 0 radical (unpaired) electrons. The van der Waals surface area contributed by atoms with Gasteiger partial charge < -0.3 is 24.2 Å². The molecule has 0 saturated carbocycles. The quantitative estimate of drug-likeness (QED) is 0.475. The Morgan fingerprint density at radius 2 is 2.24 bits per heavy atom. The summed E-state index contributed by atoms with van der Waals surface area (Å²) in [6.07, 6.45) is 4.10. The summed E-state index contributed by atoms with van der Waals surface area (Å²) in [5.41, 5.74) is 2.10. The zero-order chi connectivity index (χ0) is 17.3. The van der Waals surface area contributed by atoms with Gasteiger partial charge in [0.25, 0.3) is 0 Å². The molecule has 5 atom stereocenters. The topological polar surface area (TPSA) is 68.2 Å². The number of nitrogens with zero attached hydrogens (tertiary/aromatic N) is 1. The van der Waals surface area contributed by atoms with Crippen LogP contribution < -0.4 is 9.47 Å². The van der Waals surface area contributed by atoms with Crippen LogP contribution in [-0.4, -0.2) is 55.1 Å². The maximum absolute atomic E-state index is 11.6. The largest absolute Gasteiger partial charge is 0.513 e. The minimum atomic E-state index is -0.764. The van der Waals surface area contributed by atoms with Gasteiger partial charge in [-0.2, -0.15) is 0 Å². The van der Waals surface area contributed by atoms with Crippen LogP contribution in [0.4, 0.5) is 4.79 Å². The Labute approximate surface area is 146 Å². The van der Waals surface area contributed by atoms with E-state index in [0.29, 0.717) is 23.5 Å². The molecule has 2 aliphatic carbocycles. The minimum absolute atomic E-state index is 0.246. The summed E-state index contributed by atoms with van der Waals surface area (Å²) in [5, 5.41) is 10.6. The number of hydrogen-bond donors (Lipinski definition) is 1. The number of carbonyl (C=O) groups is 1. The predicted octanol–water partition coefficient (Wildman–Crippen LogP) is 1.64. The average molecular weight is 343 g/mol. The van der Waals surface area contributed by atoms with Crippen molar-refractivity contribution in [2.45, 2.75) is 36.5 Å². The molecule has 6 nitrogen and oxygen atoms in total. The van der Waals surface area contributed by atoms with Crippen molar-refractivity contribution in [3.05, 3.63) is 35.4 Å². The molecule has 6 heteroatoms. The maximum atomic E-state index is 11.6. The van der Waals surface area contributed by atoms with E-state index in [4.69, 9.17) is 9.47 Å². The second kappa shape index (κ2) is 4.99. The van der Waals surface area contributed by atoms with Gasteiger partial charge in [0.1, 0.15) is 12.2 Å². The van der Waals surface area contributed by atoms with Crippen LogP contribution in [0.5, 0.6) is 11.5 Å². The van der Waals surface area contributed by atoms with Crippen molar-refractivity contribution in [2.75, 3.05) is 20.7 Å². The third kappa shape index (κ3) is 1.79. The summed E-state index contributed by atoms with van der Waals surface area (Å²) in [5.74, 6) is 1.27. The lowest BCUT2D eigenvalue weighted by molar-refractivity contribution is -0.0453. The molecule has 0 aromatic heterocycles. The Morgan fingerprint density at radius 1 is 1.40 bits per heavy atom. The van der Waals surface area contributed by atoms with Gasteiger partial charge >= 0.3 is 6.16 Å². The lowest BCUT2D eigenvalue weighted by Gasteiger charge is -2.56. The average Bonchev–Trinajstić information content (AvgIpc) is 2.96. The molecule has 0 amide bonds. The number of aliphatic hydroxyl groups excluding tert-OH is 1. The van der Waals surface area contributed by atoms with E-state index in [9.17, 15) is 9.90 Å². The van der Waals surface area contributed by atoms with Crippen LogP contribution in [0, 0.1) is 5.92 Å². The number of aliphatic hydroxyl groups is 1. The third-order valence-electron chi connectivity index (χ3n) is 6.49. The fourth-order valence-corrected chi connectivity index (χ4v) is 5.44. The van der Waals surface area contributed by atoms with Crippen LogP contribution in [0.3, 0.4) is 0 Å². The molecular formula is C19H21NO5. The lowest BCUT2D eigenvalue weighted by Crippen LogP contribution is -2.64. The van der Waals surface area contributed by atoms with E-state index in [2.05, 4.69) is 22.8 Å². The summed E-state index contributed by atoms with van der Waals surface area (Å²) >= 11 is 0. The number of ether oxygens (including phenoxy) is 3. The standard InChI is InChI=1S/C19H21NO5/c1-20-8-7-19-11-4-5-13(21)17(19)25-16-14(24-18(22)23-2)6-3-10(15(16)19)9-12(11)20/h3-6,11-13,17,21H,7-9H2,1-2H3/t11?,12-,13+,17+,19+/m1/s1. The highest BCUT2D eigenvalue weighted by atomic mass is 16.7. The van der Waals surface area contributed by atoms with Gasteiger partial charge in [-0.05, 0) is 38.1 Å². The molecule has 1 aromatic carbocycles. The molecule has 2 heterocycles. The van der Waals surface area contributed by atoms with Gasteiger partial charge in [-0.25, -0.2) is 4.79 Å². The van der Waals surface area contributed by atoms with Gasteiger partial charge in [-0.3, -0.25) is 0 Å². The van der Waals surface area contributed by atoms with Gasteiger partial charge in [-0.15, -0.1) is 0 Å². The Kier molecular flexibility index (Phi) is 3.04. The summed E-state index contributed by atoms with van der Waals surface area (Å²) in [7, 11) is 3.45. The van der Waals surface area contributed by atoms with Crippen LogP contribution in [-0.2, 0) is 16.6 Å². The van der Waals surface area contributed by atoms with E-state index in [1.807, 2.05) is 12.1 Å². The summed E-state index contributed by atoms with van der Waals surface area (Å²) in [6.45, 7) is 0.961. The summed E-state index contributed by atoms with van der Waals surface area (Å²) in [6, 6.07) is 4.20. The summed E-state index contributed by atoms with van der Waals surface area (Å²) < 4.78 is 16.2. The van der Waals surface area contributed by atoms with Crippen molar-refractivity contribution in [1.82, 2.24) is 4.90 Å². The van der Waals surface area contributed by atoms with Crippen LogP contribution in [0.1, 0.15) is 17.5 Å². The first kappa shape index (κ1) is 15.2. The van der Waals surface area contributed by atoms with Crippen molar-refractivity contribution >= 4 is 6.16 Å². The molecule has 1 fully saturated rings. The molecule has 132 valence electrons. The van der Waals surface area contributed by atoms with Gasteiger partial charge in [0.2, 0.25) is 0 Å². The fraction of sp³-hybridized carbons (Fsp3) is 0.526. The number of methoxy groups -OCH3 is 1. The highest BCUT2D eigenvalue weighted by molar-refractivity contribution is 5.69. The van der Waals surface area contributed by atoms with Gasteiger partial charge in [-0.1, -0.05) is 18.2 Å². The van der Waals surface area contributed by atoms with E-state index in [0.717, 1.165) is 24.9 Å². The molecule has 1 aromatic rings. The number of piperidine rings is 1. The van der Waals surface area contributed by atoms with Crippen LogP contribution in [0.25, 0.3) is 0 Å². The Morgan fingerprint density at radius 3 is 3.04 bits per heavy atom. The highest BCUT2D eigenvalue weighted by Gasteiger charge is 2.64. The van der Waals surface area contributed by atoms with Crippen molar-refractivity contribution in [1.29, 1.82) is 0 Å². The van der Waals surface area contributed by atoms with Crippen molar-refractivity contribution in [3.63, 3.8) is 0 Å². The number of hydrogen-bond acceptors (Lipinski definition) is 6. The Hall–Kier alpha value is -2.05. The second-order valence-electron chi connectivity index (χ2n) is 7.47. The number of benzene rings is 1. The van der Waals surface area contributed by atoms with Crippen molar-refractivity contribution in [2.24, 2.45) is 5.92 Å². The number of likely N-dealkylation sites (N-methyl/N-ethyl adjacent to an activating group) is 1. The molecule has 2 bridgehead atoms. The highest BCUT2D eigenvalue weighted by Crippen LogP contribution is 2.62. The Bertz CT molecular complexity index is 790. The first-order valence-electron chi connectivity index (χ1n) is 8.71. The fourth-order valence-electron chi connectivity index (χ4n) is 5.44. The monoisotopic (exact) mass is 343 g/mol. The maximum Gasteiger partial charge on any atom is 0.513 e. The third-order valence-corrected chi connectivity index (χ3v) is 6.49. The first-order chi connectivity index (χ1) is 12.1. The van der Waals surface area contributed by atoms with E-state index < -0.39 is 12.3 Å². The van der Waals surface area contributed by atoms with E-state index in [-0.39, 0.29) is 11.5 Å². The van der Waals surface area contributed by atoms with Crippen molar-refractivity contribution < 1.29 is 24.1 Å². The first-order valence-corrected chi connectivity index (χ1v) is 8.71. The predicted molar refractivity (Wildman–Crippen MR) is 88.9 cm³/mol. The lowest BCUT2D eigenvalue weighted by atomic mass is 9.53.